The summed E-state index contributed by atoms with van der Waals surface area (Å²) >= 11 is 0. The predicted octanol–water partition coefficient (Wildman–Crippen LogP) is 0.233. The maximum atomic E-state index is 11.1. The molecule has 0 radical (unpaired) electrons. The third kappa shape index (κ3) is 5.86. The normalized spacial score (nSPS) is 15.1. The average Bonchev–Trinajstić information content (AvgIpc) is 2.21. The van der Waals surface area contributed by atoms with E-state index in [1.165, 1.54) is 4.90 Å². The molecule has 0 aliphatic rings. The van der Waals surface area contributed by atoms with Gasteiger partial charge in [0.25, 0.3) is 0 Å². The minimum atomic E-state index is -1.03. The summed E-state index contributed by atoms with van der Waals surface area (Å²) in [4.78, 5) is 12.3. The van der Waals surface area contributed by atoms with Gasteiger partial charge >= 0.3 is 6.09 Å². The Balaban J connectivity index is 4.36. The van der Waals surface area contributed by atoms with Crippen molar-refractivity contribution >= 4 is 6.09 Å². The first-order chi connectivity index (χ1) is 7.77. The van der Waals surface area contributed by atoms with E-state index in [1.807, 2.05) is 27.7 Å². The predicted molar refractivity (Wildman–Crippen MR) is 68.7 cm³/mol. The molecule has 0 saturated heterocycles. The van der Waals surface area contributed by atoms with E-state index in [9.17, 15) is 4.79 Å². The highest BCUT2D eigenvalue weighted by Crippen LogP contribution is 2.06. The number of nitrogens with two attached hydrogens (primary N) is 2. The third-order valence-electron chi connectivity index (χ3n) is 2.68. The fourth-order valence-corrected chi connectivity index (χ4v) is 1.45. The average molecular weight is 246 g/mol. The van der Waals surface area contributed by atoms with Crippen LogP contribution in [0.4, 0.5) is 4.79 Å². The van der Waals surface area contributed by atoms with Crippen LogP contribution in [0.3, 0.4) is 0 Å². The summed E-state index contributed by atoms with van der Waals surface area (Å²) in [5, 5.41) is 12.3. The van der Waals surface area contributed by atoms with Crippen molar-refractivity contribution in [2.75, 3.05) is 13.1 Å². The van der Waals surface area contributed by atoms with Crippen molar-refractivity contribution in [3.8, 4) is 0 Å². The van der Waals surface area contributed by atoms with Crippen LogP contribution in [-0.4, -0.2) is 47.4 Å². The van der Waals surface area contributed by atoms with E-state index in [0.29, 0.717) is 19.1 Å². The fraction of sp³-hybridized carbons (Fsp3) is 0.909. The molecule has 6 nitrogen and oxygen atoms in total. The summed E-state index contributed by atoms with van der Waals surface area (Å²) in [7, 11) is 0. The summed E-state index contributed by atoms with van der Waals surface area (Å²) in [6.07, 6.45) is -1.69. The van der Waals surface area contributed by atoms with E-state index in [2.05, 4.69) is 5.32 Å². The molecule has 0 aromatic heterocycles. The van der Waals surface area contributed by atoms with Gasteiger partial charge in [-0.25, -0.2) is 4.79 Å². The van der Waals surface area contributed by atoms with Gasteiger partial charge in [0.1, 0.15) is 0 Å². The molecule has 0 aromatic rings. The quantitative estimate of drug-likeness (QED) is 0.481. The van der Waals surface area contributed by atoms with Gasteiger partial charge in [-0.2, -0.15) is 0 Å². The zero-order chi connectivity index (χ0) is 13.6. The molecule has 0 fully saturated rings. The maximum Gasteiger partial charge on any atom is 0.408 e. The number of carbonyl (C=O) groups is 1. The molecule has 0 aliphatic heterocycles. The first-order valence-electron chi connectivity index (χ1n) is 6.01. The van der Waals surface area contributed by atoms with Crippen LogP contribution in [0.1, 0.15) is 27.7 Å². The molecule has 2 unspecified atom stereocenters. The third-order valence-corrected chi connectivity index (χ3v) is 2.68. The Bertz CT molecular complexity index is 234. The van der Waals surface area contributed by atoms with E-state index in [0.717, 1.165) is 0 Å². The molecular weight excluding hydrogens is 220 g/mol. The van der Waals surface area contributed by atoms with Crippen molar-refractivity contribution in [3.05, 3.63) is 0 Å². The van der Waals surface area contributed by atoms with E-state index < -0.39 is 12.3 Å². The minimum Gasteiger partial charge on any atom is -0.465 e. The molecule has 0 aromatic carbocycles. The van der Waals surface area contributed by atoms with Crippen LogP contribution < -0.4 is 16.8 Å². The largest absolute Gasteiger partial charge is 0.465 e. The first-order valence-corrected chi connectivity index (χ1v) is 6.01. The maximum absolute atomic E-state index is 11.1. The highest BCUT2D eigenvalue weighted by atomic mass is 16.4. The highest BCUT2D eigenvalue weighted by molar-refractivity contribution is 5.65. The SMILES string of the molecule is CC(C)NCCN(C(=O)O)C(N)C(N)C(C)C. The zero-order valence-electron chi connectivity index (χ0n) is 11.2. The molecule has 6 N–H and O–H groups in total. The molecule has 1 amide bonds. The van der Waals surface area contributed by atoms with Gasteiger partial charge in [-0.1, -0.05) is 27.7 Å². The van der Waals surface area contributed by atoms with Gasteiger partial charge in [0, 0.05) is 25.2 Å². The van der Waals surface area contributed by atoms with Crippen molar-refractivity contribution < 1.29 is 9.90 Å². The second-order valence-electron chi connectivity index (χ2n) is 4.90. The van der Waals surface area contributed by atoms with Gasteiger partial charge < -0.3 is 21.9 Å². The zero-order valence-corrected chi connectivity index (χ0v) is 11.2. The molecular formula is C11H26N4O2. The van der Waals surface area contributed by atoms with Gasteiger partial charge in [0.15, 0.2) is 0 Å². The van der Waals surface area contributed by atoms with Gasteiger partial charge in [-0.05, 0) is 5.92 Å². The van der Waals surface area contributed by atoms with Crippen molar-refractivity contribution in [1.82, 2.24) is 10.2 Å². The Morgan fingerprint density at radius 1 is 1.29 bits per heavy atom. The number of hydrogen-bond acceptors (Lipinski definition) is 4. The number of hydrogen-bond donors (Lipinski definition) is 4. The molecule has 0 rings (SSSR count). The standard InChI is InChI=1S/C11H26N4O2/c1-7(2)9(12)10(13)15(11(16)17)6-5-14-8(3)4/h7-10,14H,5-6,12-13H2,1-4H3,(H,16,17). The number of nitrogens with one attached hydrogen (secondary N) is 1. The van der Waals surface area contributed by atoms with E-state index in [4.69, 9.17) is 16.6 Å². The van der Waals surface area contributed by atoms with Crippen molar-refractivity contribution in [3.63, 3.8) is 0 Å². The molecule has 6 heteroatoms. The Kier molecular flexibility index (Phi) is 7.10. The molecule has 17 heavy (non-hydrogen) atoms. The number of nitrogens with zero attached hydrogens (tertiary/aromatic N) is 1. The van der Waals surface area contributed by atoms with Crippen LogP contribution >= 0.6 is 0 Å². The number of rotatable bonds is 7. The summed E-state index contributed by atoms with van der Waals surface area (Å²) in [6, 6.07) is -0.0363. The molecule has 0 bridgehead atoms. The number of carboxylic acid groups (broad SMARTS) is 1. The lowest BCUT2D eigenvalue weighted by Gasteiger charge is -2.32. The summed E-state index contributed by atoms with van der Waals surface area (Å²) in [6.45, 7) is 8.78. The van der Waals surface area contributed by atoms with Gasteiger partial charge in [-0.15, -0.1) is 0 Å². The van der Waals surface area contributed by atoms with Crippen LogP contribution in [-0.2, 0) is 0 Å². The van der Waals surface area contributed by atoms with Crippen LogP contribution in [0, 0.1) is 5.92 Å². The van der Waals surface area contributed by atoms with Gasteiger partial charge in [0.2, 0.25) is 0 Å². The van der Waals surface area contributed by atoms with Crippen LogP contribution in [0.15, 0.2) is 0 Å². The Morgan fingerprint density at radius 3 is 2.18 bits per heavy atom. The second-order valence-corrected chi connectivity index (χ2v) is 4.90. The number of amides is 1. The lowest BCUT2D eigenvalue weighted by molar-refractivity contribution is 0.111. The van der Waals surface area contributed by atoms with Crippen molar-refractivity contribution in [2.45, 2.75) is 45.9 Å². The molecule has 0 heterocycles. The van der Waals surface area contributed by atoms with E-state index >= 15 is 0 Å². The van der Waals surface area contributed by atoms with Crippen molar-refractivity contribution in [2.24, 2.45) is 17.4 Å². The molecule has 0 aliphatic carbocycles. The molecule has 2 atom stereocenters. The van der Waals surface area contributed by atoms with Crippen LogP contribution in [0.5, 0.6) is 0 Å². The Hall–Kier alpha value is -0.850. The topological polar surface area (TPSA) is 105 Å². The minimum absolute atomic E-state index is 0.143. The highest BCUT2D eigenvalue weighted by Gasteiger charge is 2.26. The Labute approximate surface area is 103 Å². The summed E-state index contributed by atoms with van der Waals surface area (Å²) in [5.41, 5.74) is 11.8. The molecule has 0 saturated carbocycles. The smallest absolute Gasteiger partial charge is 0.408 e. The Morgan fingerprint density at radius 2 is 1.82 bits per heavy atom. The van der Waals surface area contributed by atoms with Crippen LogP contribution in [0.2, 0.25) is 0 Å². The monoisotopic (exact) mass is 246 g/mol. The van der Waals surface area contributed by atoms with Crippen molar-refractivity contribution in [1.29, 1.82) is 0 Å². The molecule has 102 valence electrons. The lowest BCUT2D eigenvalue weighted by atomic mass is 10.0. The fourth-order valence-electron chi connectivity index (χ4n) is 1.45. The van der Waals surface area contributed by atoms with Crippen LogP contribution in [0.25, 0.3) is 0 Å². The van der Waals surface area contributed by atoms with Gasteiger partial charge in [-0.3, -0.25) is 4.90 Å². The second kappa shape index (κ2) is 7.47. The summed E-state index contributed by atoms with van der Waals surface area (Å²) in [5.74, 6) is 0.143. The van der Waals surface area contributed by atoms with Gasteiger partial charge in [0.05, 0.1) is 6.17 Å². The molecule has 0 spiro atoms. The van der Waals surface area contributed by atoms with E-state index in [-0.39, 0.29) is 12.0 Å². The summed E-state index contributed by atoms with van der Waals surface area (Å²) < 4.78 is 0. The lowest BCUT2D eigenvalue weighted by Crippen LogP contribution is -2.58. The first kappa shape index (κ1) is 16.1. The van der Waals surface area contributed by atoms with E-state index in [1.54, 1.807) is 0 Å².